The smallest absolute Gasteiger partial charge is 0.214 e. The van der Waals surface area contributed by atoms with Gasteiger partial charge in [0.15, 0.2) is 6.04 Å². The summed E-state index contributed by atoms with van der Waals surface area (Å²) in [6.45, 7) is 4.15. The summed E-state index contributed by atoms with van der Waals surface area (Å²) < 4.78 is 20.9. The highest BCUT2D eigenvalue weighted by Gasteiger charge is 2.34. The van der Waals surface area contributed by atoms with Gasteiger partial charge in [-0.15, -0.1) is 5.10 Å². The second kappa shape index (κ2) is 8.69. The number of furan rings is 1. The Morgan fingerprint density at radius 2 is 1.74 bits per heavy atom. The number of rotatable bonds is 6. The van der Waals surface area contributed by atoms with Crippen LogP contribution in [0.4, 0.5) is 10.1 Å². The molecule has 1 atom stereocenters. The van der Waals surface area contributed by atoms with Crippen LogP contribution in [0.5, 0.6) is 0 Å². The Hall–Kier alpha value is -3.52. The van der Waals surface area contributed by atoms with Crippen molar-refractivity contribution in [2.24, 2.45) is 0 Å². The lowest BCUT2D eigenvalue weighted by molar-refractivity contribution is -0.927. The number of nitrogens with one attached hydrogen (secondary N) is 1. The predicted molar refractivity (Wildman–Crippen MR) is 113 cm³/mol. The highest BCUT2D eigenvalue weighted by atomic mass is 19.1. The van der Waals surface area contributed by atoms with Crippen molar-refractivity contribution in [2.45, 2.75) is 12.6 Å². The number of hydrogen-bond donors (Lipinski definition) is 1. The highest BCUT2D eigenvalue weighted by Crippen LogP contribution is 2.20. The number of hydrogen-bond acceptors (Lipinski definition) is 5. The lowest BCUT2D eigenvalue weighted by atomic mass is 10.0. The zero-order valence-corrected chi connectivity index (χ0v) is 17.1. The van der Waals surface area contributed by atoms with Crippen molar-refractivity contribution in [2.75, 3.05) is 31.1 Å². The molecular weight excluding hydrogens is 395 g/mol. The molecule has 7 nitrogen and oxygen atoms in total. The van der Waals surface area contributed by atoms with Gasteiger partial charge >= 0.3 is 0 Å². The number of benzene rings is 2. The van der Waals surface area contributed by atoms with Gasteiger partial charge in [0.2, 0.25) is 5.82 Å². The Labute approximate surface area is 179 Å². The summed E-state index contributed by atoms with van der Waals surface area (Å²) in [7, 11) is 0. The van der Waals surface area contributed by atoms with Crippen LogP contribution in [0.3, 0.4) is 0 Å². The van der Waals surface area contributed by atoms with E-state index >= 15 is 0 Å². The van der Waals surface area contributed by atoms with Crippen LogP contribution in [-0.2, 0) is 6.54 Å². The number of tetrazole rings is 1. The first kappa shape index (κ1) is 19.4. The van der Waals surface area contributed by atoms with Gasteiger partial charge in [-0.1, -0.05) is 18.2 Å². The first-order chi connectivity index (χ1) is 15.3. The molecule has 31 heavy (non-hydrogen) atoms. The van der Waals surface area contributed by atoms with Gasteiger partial charge in [0, 0.05) is 11.3 Å². The molecule has 0 radical (unpaired) electrons. The number of nitrogens with zero attached hydrogens (tertiary/aromatic N) is 5. The minimum Gasteiger partial charge on any atom is -0.467 e. The van der Waals surface area contributed by atoms with E-state index in [9.17, 15) is 4.39 Å². The molecular formula is C23H24FN6O+. The van der Waals surface area contributed by atoms with Crippen molar-refractivity contribution in [3.8, 4) is 0 Å². The van der Waals surface area contributed by atoms with Gasteiger partial charge in [-0.3, -0.25) is 0 Å². The molecule has 5 rings (SSSR count). The van der Waals surface area contributed by atoms with Crippen LogP contribution >= 0.6 is 0 Å². The molecule has 0 saturated carbocycles. The number of para-hydroxylation sites is 1. The van der Waals surface area contributed by atoms with Gasteiger partial charge in [0.25, 0.3) is 0 Å². The van der Waals surface area contributed by atoms with Crippen LogP contribution in [-0.4, -0.2) is 46.4 Å². The summed E-state index contributed by atoms with van der Waals surface area (Å²) in [4.78, 5) is 3.76. The molecule has 3 heterocycles. The number of quaternary nitrogens is 1. The number of halogens is 1. The molecule has 1 aliphatic rings. The van der Waals surface area contributed by atoms with E-state index < -0.39 is 0 Å². The largest absolute Gasteiger partial charge is 0.467 e. The Balaban J connectivity index is 1.43. The van der Waals surface area contributed by atoms with Crippen LogP contribution < -0.4 is 9.80 Å². The Morgan fingerprint density at radius 1 is 0.968 bits per heavy atom. The maximum absolute atomic E-state index is 13.6. The monoisotopic (exact) mass is 419 g/mol. The molecule has 0 spiro atoms. The standard InChI is InChI=1S/C23H23FN6O/c24-19-10-8-18(9-11-19)22(23-25-26-27-30(23)17-21-7-4-16-31-21)29-14-12-28(13-15-29)20-5-2-1-3-6-20/h1-11,16,22H,12-15,17H2/p+1/t22-/m0/s1. The van der Waals surface area contributed by atoms with Crippen LogP contribution in [0.1, 0.15) is 23.2 Å². The third-order valence-electron chi connectivity index (χ3n) is 5.84. The SMILES string of the molecule is Fc1ccc([C@@H](c2nnnn2Cc2ccco2)[NH+]2CCN(c3ccccc3)CC2)cc1. The molecule has 4 aromatic rings. The molecule has 8 heteroatoms. The fraction of sp³-hybridized carbons (Fsp3) is 0.261. The van der Waals surface area contributed by atoms with Gasteiger partial charge in [0.05, 0.1) is 32.4 Å². The van der Waals surface area contributed by atoms with Crippen molar-refractivity contribution in [3.05, 3.63) is 96.0 Å². The minimum absolute atomic E-state index is 0.0940. The lowest BCUT2D eigenvalue weighted by Crippen LogP contribution is -3.15. The van der Waals surface area contributed by atoms with Crippen molar-refractivity contribution < 1.29 is 13.7 Å². The highest BCUT2D eigenvalue weighted by molar-refractivity contribution is 5.46. The molecule has 2 aromatic heterocycles. The van der Waals surface area contributed by atoms with E-state index in [-0.39, 0.29) is 11.9 Å². The molecule has 1 saturated heterocycles. The molecule has 1 N–H and O–H groups in total. The Morgan fingerprint density at radius 3 is 2.45 bits per heavy atom. The zero-order valence-electron chi connectivity index (χ0n) is 17.1. The van der Waals surface area contributed by atoms with Crippen LogP contribution in [0.25, 0.3) is 0 Å². The van der Waals surface area contributed by atoms with E-state index in [2.05, 4.69) is 44.7 Å². The van der Waals surface area contributed by atoms with E-state index in [0.717, 1.165) is 43.3 Å². The normalized spacial score (nSPS) is 15.8. The molecule has 0 unspecified atom stereocenters. The molecule has 158 valence electrons. The van der Waals surface area contributed by atoms with E-state index in [1.165, 1.54) is 22.7 Å². The molecule has 0 aliphatic carbocycles. The van der Waals surface area contributed by atoms with E-state index in [0.29, 0.717) is 6.54 Å². The Bertz CT molecular complexity index is 1090. The number of aromatic nitrogens is 4. The quantitative estimate of drug-likeness (QED) is 0.518. The maximum Gasteiger partial charge on any atom is 0.214 e. The first-order valence-corrected chi connectivity index (χ1v) is 10.5. The lowest BCUT2D eigenvalue weighted by Gasteiger charge is -2.37. The average Bonchev–Trinajstić information content (AvgIpc) is 3.49. The minimum atomic E-state index is -0.249. The molecule has 0 amide bonds. The topological polar surface area (TPSA) is 64.4 Å². The Kier molecular flexibility index (Phi) is 5.45. The van der Waals surface area contributed by atoms with Crippen LogP contribution in [0, 0.1) is 5.82 Å². The average molecular weight is 419 g/mol. The van der Waals surface area contributed by atoms with E-state index in [1.807, 2.05) is 30.3 Å². The maximum atomic E-state index is 13.6. The van der Waals surface area contributed by atoms with Gasteiger partial charge in [-0.2, -0.15) is 0 Å². The zero-order chi connectivity index (χ0) is 21.0. The molecule has 0 bridgehead atoms. The summed E-state index contributed by atoms with van der Waals surface area (Å²) in [6.07, 6.45) is 1.64. The van der Waals surface area contributed by atoms with Crippen molar-refractivity contribution >= 4 is 5.69 Å². The van der Waals surface area contributed by atoms with Crippen molar-refractivity contribution in [1.29, 1.82) is 0 Å². The second-order valence-electron chi connectivity index (χ2n) is 7.74. The molecule has 1 aliphatic heterocycles. The van der Waals surface area contributed by atoms with Gasteiger partial charge in [0.1, 0.15) is 18.1 Å². The number of anilines is 1. The third kappa shape index (κ3) is 4.20. The van der Waals surface area contributed by atoms with Crippen LogP contribution in [0.2, 0.25) is 0 Å². The molecule has 1 fully saturated rings. The first-order valence-electron chi connectivity index (χ1n) is 10.5. The summed E-state index contributed by atoms with van der Waals surface area (Å²) in [5.41, 5.74) is 2.24. The van der Waals surface area contributed by atoms with Gasteiger partial charge in [-0.25, -0.2) is 9.07 Å². The third-order valence-corrected chi connectivity index (χ3v) is 5.84. The van der Waals surface area contributed by atoms with Crippen molar-refractivity contribution in [1.82, 2.24) is 20.2 Å². The number of piperazine rings is 1. The fourth-order valence-corrected chi connectivity index (χ4v) is 4.28. The summed E-state index contributed by atoms with van der Waals surface area (Å²) in [6, 6.07) is 20.8. The van der Waals surface area contributed by atoms with Gasteiger partial charge < -0.3 is 14.2 Å². The summed E-state index contributed by atoms with van der Waals surface area (Å²) in [5.74, 6) is 1.29. The fourth-order valence-electron chi connectivity index (χ4n) is 4.28. The predicted octanol–water partition coefficient (Wildman–Crippen LogP) is 1.95. The van der Waals surface area contributed by atoms with Gasteiger partial charge in [-0.05, 0) is 59.0 Å². The van der Waals surface area contributed by atoms with E-state index in [1.54, 1.807) is 10.9 Å². The summed E-state index contributed by atoms with van der Waals surface area (Å²) >= 11 is 0. The summed E-state index contributed by atoms with van der Waals surface area (Å²) in [5, 5.41) is 12.5. The van der Waals surface area contributed by atoms with Crippen molar-refractivity contribution in [3.63, 3.8) is 0 Å². The van der Waals surface area contributed by atoms with E-state index in [4.69, 9.17) is 4.42 Å². The van der Waals surface area contributed by atoms with Crippen LogP contribution in [0.15, 0.2) is 77.4 Å². The second-order valence-corrected chi connectivity index (χ2v) is 7.74. The molecule has 2 aromatic carbocycles.